The van der Waals surface area contributed by atoms with E-state index in [4.69, 9.17) is 4.74 Å². The zero-order valence-corrected chi connectivity index (χ0v) is 15.3. The van der Waals surface area contributed by atoms with E-state index in [-0.39, 0.29) is 29.8 Å². The van der Waals surface area contributed by atoms with Crippen molar-refractivity contribution in [3.8, 4) is 5.75 Å². The maximum atomic E-state index is 12.4. The number of hydrogen-bond donors (Lipinski definition) is 1. The fourth-order valence-corrected chi connectivity index (χ4v) is 4.39. The van der Waals surface area contributed by atoms with E-state index in [1.54, 1.807) is 11.3 Å². The molecule has 5 nitrogen and oxygen atoms in total. The molecule has 6 heteroatoms. The normalized spacial score (nSPS) is 23.8. The van der Waals surface area contributed by atoms with Gasteiger partial charge in [-0.25, -0.2) is 0 Å². The van der Waals surface area contributed by atoms with Crippen LogP contribution in [0, 0.1) is 11.3 Å². The summed E-state index contributed by atoms with van der Waals surface area (Å²) in [4.78, 5) is 27.8. The fourth-order valence-electron chi connectivity index (χ4n) is 3.74. The second-order valence-corrected chi connectivity index (χ2v) is 8.12. The zero-order valence-electron chi connectivity index (χ0n) is 14.5. The van der Waals surface area contributed by atoms with Crippen molar-refractivity contribution in [3.63, 3.8) is 0 Å². The molecule has 1 saturated carbocycles. The van der Waals surface area contributed by atoms with Gasteiger partial charge in [-0.2, -0.15) is 0 Å². The maximum absolute atomic E-state index is 12.4. The number of para-hydroxylation sites is 1. The molecule has 2 fully saturated rings. The van der Waals surface area contributed by atoms with Crippen LogP contribution in [0.4, 0.5) is 0 Å². The van der Waals surface area contributed by atoms with Crippen LogP contribution >= 0.6 is 11.3 Å². The average molecular weight is 370 g/mol. The van der Waals surface area contributed by atoms with E-state index in [9.17, 15) is 9.59 Å². The van der Waals surface area contributed by atoms with Crippen LogP contribution in [-0.4, -0.2) is 36.4 Å². The molecule has 1 N–H and O–H groups in total. The molecular weight excluding hydrogens is 348 g/mol. The maximum Gasteiger partial charge on any atom is 0.260 e. The number of likely N-dealkylation sites (tertiary alicyclic amines) is 1. The van der Waals surface area contributed by atoms with Gasteiger partial charge in [-0.3, -0.25) is 9.59 Å². The van der Waals surface area contributed by atoms with E-state index in [1.165, 1.54) is 0 Å². The average Bonchev–Trinajstić information content (AvgIpc) is 3.02. The van der Waals surface area contributed by atoms with Crippen molar-refractivity contribution in [2.75, 3.05) is 19.7 Å². The van der Waals surface area contributed by atoms with Gasteiger partial charge in [0.25, 0.3) is 5.91 Å². The van der Waals surface area contributed by atoms with Crippen molar-refractivity contribution in [2.24, 2.45) is 11.3 Å². The third-order valence-corrected chi connectivity index (χ3v) is 6.24. The summed E-state index contributed by atoms with van der Waals surface area (Å²) in [6.45, 7) is 2.03. The van der Waals surface area contributed by atoms with Crippen LogP contribution in [0.5, 0.6) is 5.75 Å². The molecule has 2 aliphatic rings. The van der Waals surface area contributed by atoms with Crippen molar-refractivity contribution in [1.82, 2.24) is 10.2 Å². The molecule has 1 aliphatic carbocycles. The second kappa shape index (κ2) is 7.11. The van der Waals surface area contributed by atoms with Gasteiger partial charge in [0.15, 0.2) is 6.61 Å². The van der Waals surface area contributed by atoms with Crippen LogP contribution in [0.25, 0.3) is 0 Å². The van der Waals surface area contributed by atoms with Crippen LogP contribution < -0.4 is 10.1 Å². The molecule has 136 valence electrons. The number of ether oxygens (including phenoxy) is 1. The van der Waals surface area contributed by atoms with Crippen LogP contribution in [0.15, 0.2) is 47.8 Å². The largest absolute Gasteiger partial charge is 0.484 e. The molecule has 1 aromatic carbocycles. The monoisotopic (exact) mass is 370 g/mol. The van der Waals surface area contributed by atoms with Crippen molar-refractivity contribution >= 4 is 23.2 Å². The number of nitrogens with zero attached hydrogens (tertiary/aromatic N) is 1. The summed E-state index contributed by atoms with van der Waals surface area (Å²) in [5.74, 6) is 0.853. The quantitative estimate of drug-likeness (QED) is 0.851. The zero-order chi connectivity index (χ0) is 18.0. The summed E-state index contributed by atoms with van der Waals surface area (Å²) in [6.07, 6.45) is 1.79. The van der Waals surface area contributed by atoms with E-state index in [0.29, 0.717) is 25.4 Å². The Bertz CT molecular complexity index is 778. The third-order valence-electron chi connectivity index (χ3n) is 5.37. The Hall–Kier alpha value is -2.34. The predicted octanol–water partition coefficient (Wildman–Crippen LogP) is 2.68. The number of carbonyl (C=O) groups is 2. The molecule has 2 aromatic rings. The number of nitrogens with one attached hydrogen (secondary N) is 1. The van der Waals surface area contributed by atoms with Crippen LogP contribution in [0.3, 0.4) is 0 Å². The fraction of sp³-hybridized carbons (Fsp3) is 0.400. The van der Waals surface area contributed by atoms with Gasteiger partial charge >= 0.3 is 0 Å². The van der Waals surface area contributed by atoms with Gasteiger partial charge in [-0.05, 0) is 36.4 Å². The first-order valence-electron chi connectivity index (χ1n) is 8.92. The number of amides is 2. The smallest absolute Gasteiger partial charge is 0.260 e. The highest BCUT2D eigenvalue weighted by Crippen LogP contribution is 2.58. The number of hydrogen-bond acceptors (Lipinski definition) is 4. The van der Waals surface area contributed by atoms with Gasteiger partial charge in [0.2, 0.25) is 5.91 Å². The lowest BCUT2D eigenvalue weighted by atomic mass is 10.0. The first-order valence-corrected chi connectivity index (χ1v) is 9.80. The number of rotatable bonds is 6. The number of carbonyl (C=O) groups excluding carboxylic acids is 2. The molecule has 4 rings (SSSR count). The van der Waals surface area contributed by atoms with Crippen LogP contribution in [-0.2, 0) is 16.1 Å². The molecule has 1 saturated heterocycles. The highest BCUT2D eigenvalue weighted by molar-refractivity contribution is 7.09. The topological polar surface area (TPSA) is 58.6 Å². The Kier molecular flexibility index (Phi) is 4.68. The van der Waals surface area contributed by atoms with Crippen molar-refractivity contribution < 1.29 is 14.3 Å². The highest BCUT2D eigenvalue weighted by atomic mass is 32.1. The highest BCUT2D eigenvalue weighted by Gasteiger charge is 2.61. The molecule has 26 heavy (non-hydrogen) atoms. The number of benzene rings is 1. The summed E-state index contributed by atoms with van der Waals surface area (Å²) in [7, 11) is 0. The summed E-state index contributed by atoms with van der Waals surface area (Å²) in [5.41, 5.74) is -0.0120. The molecule has 1 spiro atoms. The lowest BCUT2D eigenvalue weighted by Gasteiger charge is -2.17. The third kappa shape index (κ3) is 3.60. The van der Waals surface area contributed by atoms with E-state index in [0.717, 1.165) is 17.7 Å². The van der Waals surface area contributed by atoms with Gasteiger partial charge < -0.3 is 15.0 Å². The van der Waals surface area contributed by atoms with Crippen LogP contribution in [0.1, 0.15) is 17.7 Å². The summed E-state index contributed by atoms with van der Waals surface area (Å²) in [5, 5.41) is 5.04. The Morgan fingerprint density at radius 2 is 2.08 bits per heavy atom. The van der Waals surface area contributed by atoms with Gasteiger partial charge in [-0.15, -0.1) is 11.3 Å². The summed E-state index contributed by atoms with van der Waals surface area (Å²) < 4.78 is 5.55. The van der Waals surface area contributed by atoms with E-state index in [1.807, 2.05) is 52.7 Å². The minimum Gasteiger partial charge on any atom is -0.484 e. The molecule has 2 heterocycles. The van der Waals surface area contributed by atoms with Gasteiger partial charge in [-0.1, -0.05) is 24.3 Å². The Balaban J connectivity index is 1.24. The summed E-state index contributed by atoms with van der Waals surface area (Å²) in [6, 6.07) is 13.4. The minimum absolute atomic E-state index is 0.00429. The molecule has 2 atom stereocenters. The first kappa shape index (κ1) is 17.1. The van der Waals surface area contributed by atoms with E-state index < -0.39 is 0 Å². The van der Waals surface area contributed by atoms with Gasteiger partial charge in [0.05, 0.1) is 6.54 Å². The molecular formula is C20H22N2O3S. The molecule has 1 aromatic heterocycles. The lowest BCUT2D eigenvalue weighted by Crippen LogP contribution is -2.34. The Labute approximate surface area is 157 Å². The van der Waals surface area contributed by atoms with Gasteiger partial charge in [0, 0.05) is 29.3 Å². The molecule has 0 bridgehead atoms. The summed E-state index contributed by atoms with van der Waals surface area (Å²) >= 11 is 1.65. The molecule has 2 amide bonds. The van der Waals surface area contributed by atoms with Crippen molar-refractivity contribution in [3.05, 3.63) is 52.7 Å². The lowest BCUT2D eigenvalue weighted by molar-refractivity contribution is -0.132. The molecule has 0 unspecified atom stereocenters. The van der Waals surface area contributed by atoms with E-state index in [2.05, 4.69) is 5.32 Å². The first-order chi connectivity index (χ1) is 12.7. The van der Waals surface area contributed by atoms with Gasteiger partial charge in [0.1, 0.15) is 5.75 Å². The van der Waals surface area contributed by atoms with Crippen LogP contribution in [0.2, 0.25) is 0 Å². The van der Waals surface area contributed by atoms with Crippen molar-refractivity contribution in [1.29, 1.82) is 0 Å². The minimum atomic E-state index is -0.0120. The molecule has 0 radical (unpaired) electrons. The number of thiophene rings is 1. The standard InChI is InChI=1S/C20H22N2O3S/c23-18(13-25-15-5-2-1-3-6-15)22-9-8-20(14-22)11-17(20)19(24)21-12-16-7-4-10-26-16/h1-7,10,17H,8-9,11-14H2,(H,21,24)/t17-,20+/m1/s1. The Morgan fingerprint density at radius 3 is 2.85 bits per heavy atom. The molecule has 1 aliphatic heterocycles. The SMILES string of the molecule is O=C(NCc1cccs1)[C@H]1C[C@]12CCN(C(=O)COc1ccccc1)C2. The predicted molar refractivity (Wildman–Crippen MR) is 99.8 cm³/mol. The Morgan fingerprint density at radius 1 is 1.23 bits per heavy atom. The second-order valence-electron chi connectivity index (χ2n) is 7.08. The van der Waals surface area contributed by atoms with Crippen molar-refractivity contribution in [2.45, 2.75) is 19.4 Å². The van der Waals surface area contributed by atoms with E-state index >= 15 is 0 Å².